The Hall–Kier alpha value is -1.48. The number of nitrogens with one attached hydrogen (secondary N) is 1. The van der Waals surface area contributed by atoms with Gasteiger partial charge in [0, 0.05) is 11.9 Å². The first-order chi connectivity index (χ1) is 9.81. The van der Waals surface area contributed by atoms with Crippen molar-refractivity contribution in [3.63, 3.8) is 0 Å². The highest BCUT2D eigenvalue weighted by atomic mass is 16.5. The average molecular weight is 271 g/mol. The topological polar surface area (TPSA) is 34.4 Å². The van der Waals surface area contributed by atoms with Crippen LogP contribution in [0.15, 0.2) is 28.7 Å². The number of hydrogen-bond acceptors (Lipinski definition) is 3. The minimum Gasteiger partial charge on any atom is -0.493 e. The number of hydrogen-bond donors (Lipinski definition) is 1. The smallest absolute Gasteiger partial charge is 0.176 e. The standard InChI is InChI=1S/C17H21NO2/c1-19-15-4-2-3-12-9-14(20-16(12)15)10-18-11-17(7-8-17)13-5-6-13/h2-4,9,13,18H,5-8,10-11H2,1H3. The SMILES string of the molecule is COc1cccc2cc(CNCC3(C4CC4)CC3)oc12. The molecule has 0 saturated heterocycles. The molecular formula is C17H21NO2. The van der Waals surface area contributed by atoms with E-state index in [0.29, 0.717) is 5.41 Å². The molecule has 1 heterocycles. The van der Waals surface area contributed by atoms with Crippen LogP contribution in [0.4, 0.5) is 0 Å². The van der Waals surface area contributed by atoms with Gasteiger partial charge in [0.2, 0.25) is 0 Å². The molecule has 2 aliphatic carbocycles. The number of fused-ring (bicyclic) bond motifs is 1. The molecule has 2 fully saturated rings. The van der Waals surface area contributed by atoms with Gasteiger partial charge in [-0.1, -0.05) is 12.1 Å². The van der Waals surface area contributed by atoms with Gasteiger partial charge >= 0.3 is 0 Å². The second kappa shape index (κ2) is 4.52. The van der Waals surface area contributed by atoms with E-state index in [-0.39, 0.29) is 0 Å². The summed E-state index contributed by atoms with van der Waals surface area (Å²) in [6.07, 6.45) is 5.73. The van der Waals surface area contributed by atoms with Crippen LogP contribution in [-0.4, -0.2) is 13.7 Å². The summed E-state index contributed by atoms with van der Waals surface area (Å²) in [7, 11) is 1.68. The molecule has 1 aromatic carbocycles. The lowest BCUT2D eigenvalue weighted by molar-refractivity contribution is 0.386. The summed E-state index contributed by atoms with van der Waals surface area (Å²) in [6, 6.07) is 8.12. The van der Waals surface area contributed by atoms with Crippen molar-refractivity contribution in [1.82, 2.24) is 5.32 Å². The first kappa shape index (κ1) is 12.3. The van der Waals surface area contributed by atoms with E-state index in [2.05, 4.69) is 17.4 Å². The molecule has 106 valence electrons. The predicted octanol–water partition coefficient (Wildman–Crippen LogP) is 3.72. The maximum Gasteiger partial charge on any atom is 0.176 e. The van der Waals surface area contributed by atoms with Crippen molar-refractivity contribution in [3.8, 4) is 5.75 Å². The Kier molecular flexibility index (Phi) is 2.77. The zero-order valence-corrected chi connectivity index (χ0v) is 11.9. The zero-order valence-electron chi connectivity index (χ0n) is 11.9. The number of furan rings is 1. The maximum absolute atomic E-state index is 5.91. The fourth-order valence-electron chi connectivity index (χ4n) is 3.36. The number of rotatable bonds is 6. The second-order valence-electron chi connectivity index (χ2n) is 6.33. The lowest BCUT2D eigenvalue weighted by atomic mass is 10.0. The fourth-order valence-corrected chi connectivity index (χ4v) is 3.36. The molecule has 4 rings (SSSR count). The molecule has 0 bridgehead atoms. The summed E-state index contributed by atoms with van der Waals surface area (Å²) in [6.45, 7) is 1.96. The number of methoxy groups -OCH3 is 1. The van der Waals surface area contributed by atoms with Crippen molar-refractivity contribution in [2.75, 3.05) is 13.7 Å². The van der Waals surface area contributed by atoms with E-state index in [1.54, 1.807) is 7.11 Å². The highest BCUT2D eigenvalue weighted by Gasteiger charge is 2.53. The van der Waals surface area contributed by atoms with Crippen LogP contribution in [0.1, 0.15) is 31.4 Å². The second-order valence-corrected chi connectivity index (χ2v) is 6.33. The van der Waals surface area contributed by atoms with Gasteiger partial charge in [0.15, 0.2) is 11.3 Å². The van der Waals surface area contributed by atoms with Crippen molar-refractivity contribution in [2.24, 2.45) is 11.3 Å². The summed E-state index contributed by atoms with van der Waals surface area (Å²) in [5.41, 5.74) is 1.50. The van der Waals surface area contributed by atoms with Gasteiger partial charge in [-0.2, -0.15) is 0 Å². The summed E-state index contributed by atoms with van der Waals surface area (Å²) >= 11 is 0. The molecule has 0 amide bonds. The van der Waals surface area contributed by atoms with Crippen LogP contribution in [0, 0.1) is 11.3 Å². The third-order valence-corrected chi connectivity index (χ3v) is 4.89. The molecule has 2 aromatic rings. The number of benzene rings is 1. The Labute approximate surface area is 119 Å². The lowest BCUT2D eigenvalue weighted by Crippen LogP contribution is -2.24. The molecule has 2 saturated carbocycles. The van der Waals surface area contributed by atoms with Gasteiger partial charge in [-0.3, -0.25) is 0 Å². The third-order valence-electron chi connectivity index (χ3n) is 4.89. The molecule has 1 aromatic heterocycles. The quantitative estimate of drug-likeness (QED) is 0.869. The lowest BCUT2D eigenvalue weighted by Gasteiger charge is -2.14. The van der Waals surface area contributed by atoms with Crippen LogP contribution in [-0.2, 0) is 6.54 Å². The molecule has 3 heteroatoms. The Bertz CT molecular complexity index is 623. The fraction of sp³-hybridized carbons (Fsp3) is 0.529. The van der Waals surface area contributed by atoms with E-state index >= 15 is 0 Å². The van der Waals surface area contributed by atoms with Crippen LogP contribution in [0.3, 0.4) is 0 Å². The zero-order chi connectivity index (χ0) is 13.6. The van der Waals surface area contributed by atoms with Crippen LogP contribution in [0.2, 0.25) is 0 Å². The molecule has 0 spiro atoms. The van der Waals surface area contributed by atoms with Gasteiger partial charge in [-0.15, -0.1) is 0 Å². The normalized spacial score (nSPS) is 20.2. The van der Waals surface area contributed by atoms with E-state index < -0.39 is 0 Å². The largest absolute Gasteiger partial charge is 0.493 e. The number of para-hydroxylation sites is 1. The molecular weight excluding hydrogens is 250 g/mol. The molecule has 0 radical (unpaired) electrons. The summed E-state index contributed by atoms with van der Waals surface area (Å²) in [5, 5.41) is 4.70. The van der Waals surface area contributed by atoms with E-state index in [9.17, 15) is 0 Å². The first-order valence-electron chi connectivity index (χ1n) is 7.57. The van der Waals surface area contributed by atoms with Crippen molar-refractivity contribution in [3.05, 3.63) is 30.0 Å². The molecule has 0 atom stereocenters. The summed E-state index contributed by atoms with van der Waals surface area (Å²) in [5.74, 6) is 2.81. The van der Waals surface area contributed by atoms with Crippen LogP contribution >= 0.6 is 0 Å². The van der Waals surface area contributed by atoms with Gasteiger partial charge in [-0.05, 0) is 49.1 Å². The summed E-state index contributed by atoms with van der Waals surface area (Å²) < 4.78 is 11.2. The van der Waals surface area contributed by atoms with Crippen molar-refractivity contribution in [2.45, 2.75) is 32.2 Å². The van der Waals surface area contributed by atoms with E-state index in [0.717, 1.165) is 41.5 Å². The predicted molar refractivity (Wildman–Crippen MR) is 78.9 cm³/mol. The van der Waals surface area contributed by atoms with Crippen LogP contribution in [0.25, 0.3) is 11.0 Å². The molecule has 20 heavy (non-hydrogen) atoms. The first-order valence-corrected chi connectivity index (χ1v) is 7.57. The molecule has 0 aliphatic heterocycles. The van der Waals surface area contributed by atoms with E-state index in [4.69, 9.17) is 9.15 Å². The number of ether oxygens (including phenoxy) is 1. The van der Waals surface area contributed by atoms with E-state index in [1.165, 1.54) is 25.7 Å². The van der Waals surface area contributed by atoms with Gasteiger partial charge < -0.3 is 14.5 Å². The highest BCUT2D eigenvalue weighted by Crippen LogP contribution is 2.60. The molecule has 1 N–H and O–H groups in total. The van der Waals surface area contributed by atoms with Crippen molar-refractivity contribution >= 4 is 11.0 Å². The Morgan fingerprint density at radius 1 is 1.35 bits per heavy atom. The minimum absolute atomic E-state index is 0.643. The molecule has 0 unspecified atom stereocenters. The van der Waals surface area contributed by atoms with Crippen LogP contribution in [0.5, 0.6) is 5.75 Å². The maximum atomic E-state index is 5.91. The average Bonchev–Trinajstić information content (AvgIpc) is 3.35. The van der Waals surface area contributed by atoms with E-state index in [1.807, 2.05) is 12.1 Å². The summed E-state index contributed by atoms with van der Waals surface area (Å²) in [4.78, 5) is 0. The molecule has 3 nitrogen and oxygen atoms in total. The van der Waals surface area contributed by atoms with Gasteiger partial charge in [0.05, 0.1) is 13.7 Å². The molecule has 2 aliphatic rings. The van der Waals surface area contributed by atoms with Gasteiger partial charge in [0.1, 0.15) is 5.76 Å². The highest BCUT2D eigenvalue weighted by molar-refractivity contribution is 5.83. The van der Waals surface area contributed by atoms with Crippen molar-refractivity contribution < 1.29 is 9.15 Å². The monoisotopic (exact) mass is 271 g/mol. The Morgan fingerprint density at radius 3 is 2.90 bits per heavy atom. The van der Waals surface area contributed by atoms with Crippen LogP contribution < -0.4 is 10.1 Å². The van der Waals surface area contributed by atoms with Gasteiger partial charge in [-0.25, -0.2) is 0 Å². The third kappa shape index (κ3) is 2.10. The van der Waals surface area contributed by atoms with Crippen molar-refractivity contribution in [1.29, 1.82) is 0 Å². The minimum atomic E-state index is 0.643. The van der Waals surface area contributed by atoms with Gasteiger partial charge in [0.25, 0.3) is 0 Å². The Balaban J connectivity index is 1.43. The Morgan fingerprint density at radius 2 is 2.20 bits per heavy atom.